The smallest absolute Gasteiger partial charge is 0.279 e. The SMILES string of the molecule is CSC(=O)NCc1ccc(O[C@@H]2O[C@@H](C)[C@H](O)[C@@H](O)[C@H]2O)cc1. The van der Waals surface area contributed by atoms with Crippen LogP contribution in [-0.4, -0.2) is 57.5 Å². The summed E-state index contributed by atoms with van der Waals surface area (Å²) < 4.78 is 10.9. The van der Waals surface area contributed by atoms with E-state index in [0.29, 0.717) is 12.3 Å². The summed E-state index contributed by atoms with van der Waals surface area (Å²) in [6.45, 7) is 2.00. The lowest BCUT2D eigenvalue weighted by molar-refractivity contribution is -0.268. The van der Waals surface area contributed by atoms with Gasteiger partial charge < -0.3 is 30.1 Å². The number of hydrogen-bond acceptors (Lipinski definition) is 7. The van der Waals surface area contributed by atoms with E-state index in [0.717, 1.165) is 17.3 Å². The quantitative estimate of drug-likeness (QED) is 0.629. The van der Waals surface area contributed by atoms with Gasteiger partial charge in [-0.1, -0.05) is 23.9 Å². The van der Waals surface area contributed by atoms with Crippen LogP contribution in [0.1, 0.15) is 12.5 Å². The highest BCUT2D eigenvalue weighted by molar-refractivity contribution is 8.12. The molecule has 0 unspecified atom stereocenters. The van der Waals surface area contributed by atoms with Crippen LogP contribution < -0.4 is 10.1 Å². The minimum Gasteiger partial charge on any atom is -0.462 e. The number of aliphatic hydroxyl groups is 3. The minimum atomic E-state index is -1.35. The van der Waals surface area contributed by atoms with Gasteiger partial charge in [-0.15, -0.1) is 0 Å². The van der Waals surface area contributed by atoms with E-state index >= 15 is 0 Å². The summed E-state index contributed by atoms with van der Waals surface area (Å²) in [6, 6.07) is 6.91. The van der Waals surface area contributed by atoms with Gasteiger partial charge in [0.15, 0.2) is 0 Å². The Morgan fingerprint density at radius 1 is 1.22 bits per heavy atom. The fourth-order valence-electron chi connectivity index (χ4n) is 2.18. The van der Waals surface area contributed by atoms with Gasteiger partial charge in [0.05, 0.1) is 6.10 Å². The molecule has 128 valence electrons. The average molecular weight is 343 g/mol. The van der Waals surface area contributed by atoms with E-state index in [1.165, 1.54) is 0 Å². The van der Waals surface area contributed by atoms with Crippen LogP contribution in [0.2, 0.25) is 0 Å². The first-order chi connectivity index (χ1) is 10.9. The number of thioether (sulfide) groups is 1. The Bertz CT molecular complexity index is 525. The lowest BCUT2D eigenvalue weighted by Crippen LogP contribution is -2.58. The van der Waals surface area contributed by atoms with E-state index in [-0.39, 0.29) is 5.24 Å². The van der Waals surface area contributed by atoms with E-state index in [2.05, 4.69) is 5.32 Å². The molecule has 2 rings (SSSR count). The zero-order chi connectivity index (χ0) is 17.0. The number of carbonyl (C=O) groups excluding carboxylic acids is 1. The largest absolute Gasteiger partial charge is 0.462 e. The van der Waals surface area contributed by atoms with Crippen molar-refractivity contribution in [1.82, 2.24) is 5.32 Å². The van der Waals surface area contributed by atoms with Crippen molar-refractivity contribution in [3.05, 3.63) is 29.8 Å². The Hall–Kier alpha value is -1.32. The topological polar surface area (TPSA) is 108 Å². The number of nitrogens with one attached hydrogen (secondary N) is 1. The summed E-state index contributed by atoms with van der Waals surface area (Å²) in [4.78, 5) is 11.2. The third-order valence-electron chi connectivity index (χ3n) is 3.61. The molecule has 0 spiro atoms. The maximum atomic E-state index is 11.2. The molecule has 7 nitrogen and oxygen atoms in total. The van der Waals surface area contributed by atoms with Gasteiger partial charge in [-0.25, -0.2) is 0 Å². The number of rotatable bonds is 4. The van der Waals surface area contributed by atoms with Crippen LogP contribution in [0.5, 0.6) is 5.75 Å². The molecule has 0 aliphatic carbocycles. The molecule has 1 amide bonds. The van der Waals surface area contributed by atoms with Gasteiger partial charge in [0.1, 0.15) is 24.1 Å². The second kappa shape index (κ2) is 7.98. The molecule has 0 saturated carbocycles. The Morgan fingerprint density at radius 3 is 2.48 bits per heavy atom. The molecule has 1 aromatic carbocycles. The van der Waals surface area contributed by atoms with Crippen molar-refractivity contribution in [2.45, 2.75) is 44.2 Å². The lowest BCUT2D eigenvalue weighted by atomic mass is 10.00. The Kier molecular flexibility index (Phi) is 6.25. The zero-order valence-corrected chi connectivity index (χ0v) is 13.7. The molecule has 0 radical (unpaired) electrons. The fourth-order valence-corrected chi connectivity index (χ4v) is 2.39. The standard InChI is InChI=1S/C15H21NO6S/c1-8-11(17)12(18)13(19)14(21-8)22-10-5-3-9(4-6-10)7-16-15(20)23-2/h3-6,8,11-14,17-19H,7H2,1-2H3,(H,16,20)/t8-,11-,12+,13+,14-/m0/s1. The van der Waals surface area contributed by atoms with Gasteiger partial charge in [-0.3, -0.25) is 4.79 Å². The van der Waals surface area contributed by atoms with Crippen LogP contribution in [0.3, 0.4) is 0 Å². The molecule has 1 aliphatic rings. The molecular weight excluding hydrogens is 322 g/mol. The molecule has 5 atom stereocenters. The molecule has 1 fully saturated rings. The molecule has 1 aliphatic heterocycles. The molecule has 0 aromatic heterocycles. The van der Waals surface area contributed by atoms with Crippen LogP contribution >= 0.6 is 11.8 Å². The van der Waals surface area contributed by atoms with Crippen molar-refractivity contribution in [2.75, 3.05) is 6.26 Å². The summed E-state index contributed by atoms with van der Waals surface area (Å²) >= 11 is 1.11. The third kappa shape index (κ3) is 4.58. The number of ether oxygens (including phenoxy) is 2. The average Bonchev–Trinajstić information content (AvgIpc) is 2.56. The maximum Gasteiger partial charge on any atom is 0.279 e. The van der Waals surface area contributed by atoms with Gasteiger partial charge in [0.25, 0.3) is 5.24 Å². The first-order valence-electron chi connectivity index (χ1n) is 7.19. The van der Waals surface area contributed by atoms with Crippen LogP contribution in [0.25, 0.3) is 0 Å². The minimum absolute atomic E-state index is 0.106. The Balaban J connectivity index is 1.94. The Labute approximate surface area is 138 Å². The van der Waals surface area contributed by atoms with Crippen LogP contribution in [0.15, 0.2) is 24.3 Å². The van der Waals surface area contributed by atoms with Crippen LogP contribution in [0, 0.1) is 0 Å². The Morgan fingerprint density at radius 2 is 1.87 bits per heavy atom. The highest BCUT2D eigenvalue weighted by Crippen LogP contribution is 2.24. The second-order valence-electron chi connectivity index (χ2n) is 5.29. The maximum absolute atomic E-state index is 11.2. The van der Waals surface area contributed by atoms with Crippen LogP contribution in [0.4, 0.5) is 4.79 Å². The van der Waals surface area contributed by atoms with Crippen molar-refractivity contribution >= 4 is 17.0 Å². The van der Waals surface area contributed by atoms with Crippen molar-refractivity contribution in [3.63, 3.8) is 0 Å². The van der Waals surface area contributed by atoms with Gasteiger partial charge in [-0.2, -0.15) is 0 Å². The summed E-state index contributed by atoms with van der Waals surface area (Å²) in [5.41, 5.74) is 0.897. The molecule has 23 heavy (non-hydrogen) atoms. The number of benzene rings is 1. The fraction of sp³-hybridized carbons (Fsp3) is 0.533. The van der Waals surface area contributed by atoms with Gasteiger partial charge in [0.2, 0.25) is 6.29 Å². The first-order valence-corrected chi connectivity index (χ1v) is 8.42. The monoisotopic (exact) mass is 343 g/mol. The lowest BCUT2D eigenvalue weighted by Gasteiger charge is -2.38. The normalized spacial score (nSPS) is 30.7. The zero-order valence-electron chi connectivity index (χ0n) is 12.9. The summed E-state index contributed by atoms with van der Waals surface area (Å²) in [7, 11) is 0. The highest BCUT2D eigenvalue weighted by Gasteiger charge is 2.43. The molecular formula is C15H21NO6S. The van der Waals surface area contributed by atoms with E-state index in [4.69, 9.17) is 9.47 Å². The van der Waals surface area contributed by atoms with Crippen molar-refractivity contribution in [1.29, 1.82) is 0 Å². The van der Waals surface area contributed by atoms with Crippen molar-refractivity contribution < 1.29 is 29.6 Å². The predicted molar refractivity (Wildman–Crippen MR) is 85.2 cm³/mol. The van der Waals surface area contributed by atoms with Gasteiger partial charge in [0, 0.05) is 6.54 Å². The molecule has 4 N–H and O–H groups in total. The molecule has 1 heterocycles. The predicted octanol–water partition coefficient (Wildman–Crippen LogP) is 0.465. The number of hydrogen-bond donors (Lipinski definition) is 4. The molecule has 8 heteroatoms. The highest BCUT2D eigenvalue weighted by atomic mass is 32.2. The molecule has 1 aromatic rings. The molecule has 1 saturated heterocycles. The van der Waals surface area contributed by atoms with Crippen molar-refractivity contribution in [2.24, 2.45) is 0 Å². The molecule has 0 bridgehead atoms. The van der Waals surface area contributed by atoms with Gasteiger partial charge in [-0.05, 0) is 30.9 Å². The van der Waals surface area contributed by atoms with E-state index in [1.54, 1.807) is 37.4 Å². The first kappa shape index (κ1) is 18.0. The number of aliphatic hydroxyl groups excluding tert-OH is 3. The van der Waals surface area contributed by atoms with E-state index in [1.807, 2.05) is 0 Å². The van der Waals surface area contributed by atoms with E-state index in [9.17, 15) is 20.1 Å². The summed E-state index contributed by atoms with van der Waals surface area (Å²) in [5, 5.41) is 31.9. The van der Waals surface area contributed by atoms with E-state index < -0.39 is 30.7 Å². The third-order valence-corrected chi connectivity index (χ3v) is 4.12. The number of carbonyl (C=O) groups is 1. The van der Waals surface area contributed by atoms with Gasteiger partial charge >= 0.3 is 0 Å². The second-order valence-corrected chi connectivity index (χ2v) is 6.07. The summed E-state index contributed by atoms with van der Waals surface area (Å²) in [5.74, 6) is 0.449. The van der Waals surface area contributed by atoms with Crippen LogP contribution in [-0.2, 0) is 11.3 Å². The summed E-state index contributed by atoms with van der Waals surface area (Å²) in [6.07, 6.45) is -3.85. The number of amides is 1. The van der Waals surface area contributed by atoms with Crippen molar-refractivity contribution in [3.8, 4) is 5.75 Å².